The Hall–Kier alpha value is -4.00. The highest BCUT2D eigenvalue weighted by Gasteiger charge is 2.25. The van der Waals surface area contributed by atoms with Crippen molar-refractivity contribution >= 4 is 22.6 Å². The summed E-state index contributed by atoms with van der Waals surface area (Å²) in [6.07, 6.45) is 3.87. The van der Waals surface area contributed by atoms with Crippen LogP contribution in [0.3, 0.4) is 0 Å². The molecule has 0 saturated carbocycles. The lowest BCUT2D eigenvalue weighted by atomic mass is 9.97. The Kier molecular flexibility index (Phi) is 16.6. The standard InChI is InChI=1S/C37H45N3O3.C3H8/c1-3-28(2)36(37(42)39-25-30-16-8-5-9-17-30)40-35(41)23-13-21-33(38-24-29-14-6-4-7-15-29)27-43-26-32-20-12-19-31-18-10-11-22-34(31)32;1-3-2/h4-12,14-20,22,28,33,36,38H,3,13,21,23-27H2,1-2H3,(H,39,42)(H,40,41);3H2,1-2H3/t28-,33+,36?;/m0./s1. The van der Waals surface area contributed by atoms with Gasteiger partial charge in [0.15, 0.2) is 0 Å². The van der Waals surface area contributed by atoms with Gasteiger partial charge in [0.25, 0.3) is 0 Å². The third kappa shape index (κ3) is 12.8. The molecular formula is C40H53N3O3. The smallest absolute Gasteiger partial charge is 0.243 e. The number of fused-ring (bicyclic) bond motifs is 1. The zero-order valence-electron chi connectivity index (χ0n) is 28.1. The monoisotopic (exact) mass is 623 g/mol. The molecule has 0 aromatic heterocycles. The second-order valence-electron chi connectivity index (χ2n) is 12.0. The minimum atomic E-state index is -0.558. The van der Waals surface area contributed by atoms with Crippen molar-refractivity contribution in [3.63, 3.8) is 0 Å². The zero-order chi connectivity index (χ0) is 33.0. The number of carbonyl (C=O) groups is 2. The third-order valence-electron chi connectivity index (χ3n) is 7.97. The first kappa shape index (κ1) is 36.5. The summed E-state index contributed by atoms with van der Waals surface area (Å²) in [6.45, 7) is 10.5. The first-order valence-electron chi connectivity index (χ1n) is 16.9. The molecule has 4 aromatic carbocycles. The second-order valence-corrected chi connectivity index (χ2v) is 12.0. The number of rotatable bonds is 17. The van der Waals surface area contributed by atoms with Gasteiger partial charge in [-0.05, 0) is 46.2 Å². The van der Waals surface area contributed by atoms with Crippen molar-refractivity contribution in [3.8, 4) is 0 Å². The SMILES string of the molecule is CCC.CC[C@H](C)C(NC(=O)CCC[C@H](COCc1cccc2ccccc12)NCc1ccccc1)C(=O)NCc1ccccc1. The maximum atomic E-state index is 13.0. The Morgan fingerprint density at radius 1 is 0.761 bits per heavy atom. The summed E-state index contributed by atoms with van der Waals surface area (Å²) in [5.74, 6) is -0.211. The fourth-order valence-corrected chi connectivity index (χ4v) is 5.18. The molecule has 6 heteroatoms. The molecule has 0 bridgehead atoms. The topological polar surface area (TPSA) is 79.5 Å². The lowest BCUT2D eigenvalue weighted by molar-refractivity contribution is -0.130. The predicted molar refractivity (Wildman–Crippen MR) is 190 cm³/mol. The van der Waals surface area contributed by atoms with Crippen LogP contribution in [0.2, 0.25) is 0 Å². The lowest BCUT2D eigenvalue weighted by Crippen LogP contribution is -2.50. The molecule has 0 aliphatic heterocycles. The fourth-order valence-electron chi connectivity index (χ4n) is 5.18. The molecule has 3 atom stereocenters. The molecule has 0 aliphatic carbocycles. The van der Waals surface area contributed by atoms with E-state index in [-0.39, 0.29) is 23.8 Å². The van der Waals surface area contributed by atoms with Gasteiger partial charge in [0.05, 0.1) is 13.2 Å². The third-order valence-corrected chi connectivity index (χ3v) is 7.97. The number of amides is 2. The molecule has 1 unspecified atom stereocenters. The zero-order valence-corrected chi connectivity index (χ0v) is 28.1. The molecule has 4 rings (SSSR count). The van der Waals surface area contributed by atoms with E-state index in [1.807, 2.05) is 62.4 Å². The molecule has 4 aromatic rings. The Bertz CT molecular complexity index is 1420. The van der Waals surface area contributed by atoms with Crippen molar-refractivity contribution in [2.75, 3.05) is 6.61 Å². The summed E-state index contributed by atoms with van der Waals surface area (Å²) in [6, 6.07) is 34.3. The average molecular weight is 624 g/mol. The van der Waals surface area contributed by atoms with Gasteiger partial charge in [0.2, 0.25) is 11.8 Å². The molecule has 0 saturated heterocycles. The van der Waals surface area contributed by atoms with E-state index in [0.717, 1.165) is 24.9 Å². The fraction of sp³-hybridized carbons (Fsp3) is 0.400. The van der Waals surface area contributed by atoms with Crippen molar-refractivity contribution in [3.05, 3.63) is 120 Å². The number of ether oxygens (including phenoxy) is 1. The lowest BCUT2D eigenvalue weighted by Gasteiger charge is -2.24. The normalized spacial score (nSPS) is 12.8. The average Bonchev–Trinajstić information content (AvgIpc) is 3.09. The molecule has 6 nitrogen and oxygen atoms in total. The molecule has 3 N–H and O–H groups in total. The van der Waals surface area contributed by atoms with Crippen LogP contribution in [-0.4, -0.2) is 30.5 Å². The first-order valence-corrected chi connectivity index (χ1v) is 16.9. The van der Waals surface area contributed by atoms with Crippen molar-refractivity contribution < 1.29 is 14.3 Å². The van der Waals surface area contributed by atoms with Gasteiger partial charge >= 0.3 is 0 Å². The quantitative estimate of drug-likeness (QED) is 0.112. The van der Waals surface area contributed by atoms with Crippen LogP contribution in [0, 0.1) is 5.92 Å². The van der Waals surface area contributed by atoms with E-state index in [4.69, 9.17) is 4.74 Å². The summed E-state index contributed by atoms with van der Waals surface area (Å²) < 4.78 is 6.23. The largest absolute Gasteiger partial charge is 0.375 e. The number of benzene rings is 4. The van der Waals surface area contributed by atoms with E-state index in [1.54, 1.807) is 0 Å². The predicted octanol–water partition coefficient (Wildman–Crippen LogP) is 7.95. The maximum absolute atomic E-state index is 13.0. The van der Waals surface area contributed by atoms with Crippen molar-refractivity contribution in [1.29, 1.82) is 0 Å². The summed E-state index contributed by atoms with van der Waals surface area (Å²) in [5.41, 5.74) is 3.40. The van der Waals surface area contributed by atoms with Crippen LogP contribution in [0.1, 0.15) is 76.5 Å². The highest BCUT2D eigenvalue weighted by molar-refractivity contribution is 5.88. The van der Waals surface area contributed by atoms with Crippen molar-refractivity contribution in [1.82, 2.24) is 16.0 Å². The van der Waals surface area contributed by atoms with Crippen LogP contribution in [-0.2, 0) is 34.0 Å². The van der Waals surface area contributed by atoms with E-state index in [9.17, 15) is 9.59 Å². The Morgan fingerprint density at radius 3 is 2.04 bits per heavy atom. The summed E-state index contributed by atoms with van der Waals surface area (Å²) in [5, 5.41) is 12.1. The van der Waals surface area contributed by atoms with Crippen molar-refractivity contribution in [2.45, 2.75) is 91.6 Å². The molecule has 0 aliphatic rings. The van der Waals surface area contributed by atoms with Gasteiger partial charge in [-0.3, -0.25) is 9.59 Å². The number of hydrogen-bond donors (Lipinski definition) is 3. The van der Waals surface area contributed by atoms with Gasteiger partial charge in [-0.1, -0.05) is 144 Å². The molecule has 46 heavy (non-hydrogen) atoms. The van der Waals surface area contributed by atoms with E-state index >= 15 is 0 Å². The minimum absolute atomic E-state index is 0.0301. The molecule has 0 radical (unpaired) electrons. The molecule has 2 amide bonds. The Balaban J connectivity index is 0.00000185. The Labute approximate surface area is 276 Å². The van der Waals surface area contributed by atoms with E-state index in [1.165, 1.54) is 28.3 Å². The van der Waals surface area contributed by atoms with E-state index in [0.29, 0.717) is 32.6 Å². The van der Waals surface area contributed by atoms with Crippen molar-refractivity contribution in [2.24, 2.45) is 5.92 Å². The van der Waals surface area contributed by atoms with Gasteiger partial charge in [0.1, 0.15) is 6.04 Å². The second kappa shape index (κ2) is 20.9. The summed E-state index contributed by atoms with van der Waals surface area (Å²) in [4.78, 5) is 26.0. The minimum Gasteiger partial charge on any atom is -0.375 e. The van der Waals surface area contributed by atoms with Crippen LogP contribution in [0.4, 0.5) is 0 Å². The van der Waals surface area contributed by atoms with Crippen LogP contribution >= 0.6 is 0 Å². The van der Waals surface area contributed by atoms with Crippen LogP contribution in [0.25, 0.3) is 10.8 Å². The molecular weight excluding hydrogens is 570 g/mol. The number of carbonyl (C=O) groups excluding carboxylic acids is 2. The van der Waals surface area contributed by atoms with Gasteiger partial charge in [-0.25, -0.2) is 0 Å². The molecule has 246 valence electrons. The first-order chi connectivity index (χ1) is 22.4. The highest BCUT2D eigenvalue weighted by Crippen LogP contribution is 2.19. The molecule has 0 spiro atoms. The van der Waals surface area contributed by atoms with E-state index < -0.39 is 6.04 Å². The highest BCUT2D eigenvalue weighted by atomic mass is 16.5. The van der Waals surface area contributed by atoms with Crippen LogP contribution in [0.15, 0.2) is 103 Å². The molecule has 0 fully saturated rings. The van der Waals surface area contributed by atoms with Gasteiger partial charge in [-0.2, -0.15) is 0 Å². The van der Waals surface area contributed by atoms with Gasteiger partial charge in [0, 0.05) is 25.6 Å². The Morgan fingerprint density at radius 2 is 1.37 bits per heavy atom. The van der Waals surface area contributed by atoms with E-state index in [2.05, 4.69) is 84.4 Å². The van der Waals surface area contributed by atoms with Crippen LogP contribution < -0.4 is 16.0 Å². The van der Waals surface area contributed by atoms with Gasteiger partial charge in [-0.15, -0.1) is 0 Å². The maximum Gasteiger partial charge on any atom is 0.243 e. The number of hydrogen-bond acceptors (Lipinski definition) is 4. The summed E-state index contributed by atoms with van der Waals surface area (Å²) in [7, 11) is 0. The number of nitrogens with one attached hydrogen (secondary N) is 3. The van der Waals surface area contributed by atoms with Gasteiger partial charge < -0.3 is 20.7 Å². The van der Waals surface area contributed by atoms with Crippen LogP contribution in [0.5, 0.6) is 0 Å². The summed E-state index contributed by atoms with van der Waals surface area (Å²) >= 11 is 0. The molecule has 0 heterocycles.